The quantitative estimate of drug-likeness (QED) is 0.489. The minimum absolute atomic E-state index is 0.167. The molecule has 1 aromatic carbocycles. The molecule has 0 spiro atoms. The zero-order chi connectivity index (χ0) is 14.6. The van der Waals surface area contributed by atoms with E-state index in [1.807, 2.05) is 51.1 Å². The van der Waals surface area contributed by atoms with Gasteiger partial charge < -0.3 is 4.98 Å². The number of nitrogens with zero attached hydrogens (tertiary/aromatic N) is 2. The average molecular weight is 265 g/mol. The minimum atomic E-state index is -0.167. The number of imidazole rings is 1. The van der Waals surface area contributed by atoms with E-state index < -0.39 is 0 Å². The van der Waals surface area contributed by atoms with Crippen molar-refractivity contribution in [1.82, 2.24) is 9.97 Å². The van der Waals surface area contributed by atoms with Crippen molar-refractivity contribution in [2.24, 2.45) is 4.99 Å². The Kier molecular flexibility index (Phi) is 3.84. The molecule has 0 bridgehead atoms. The second-order valence-corrected chi connectivity index (χ2v) is 5.35. The third-order valence-corrected chi connectivity index (χ3v) is 2.65. The van der Waals surface area contributed by atoms with Crippen LogP contribution in [0.2, 0.25) is 0 Å². The molecule has 0 radical (unpaired) electrons. The van der Waals surface area contributed by atoms with Gasteiger partial charge in [0.05, 0.1) is 0 Å². The fourth-order valence-corrected chi connectivity index (χ4v) is 1.59. The van der Waals surface area contributed by atoms with Gasteiger partial charge in [0.15, 0.2) is 5.82 Å². The molecule has 1 heterocycles. The van der Waals surface area contributed by atoms with Crippen LogP contribution < -0.4 is 0 Å². The summed E-state index contributed by atoms with van der Waals surface area (Å²) in [6.45, 7) is 6.07. The number of benzene rings is 1. The lowest BCUT2D eigenvalue weighted by Crippen LogP contribution is -2.13. The Labute approximate surface area is 118 Å². The molecule has 4 nitrogen and oxygen atoms in total. The lowest BCUT2D eigenvalue weighted by atomic mass is 9.96. The molecule has 2 aromatic rings. The Hall–Kier alpha value is -2.63. The van der Waals surface area contributed by atoms with Crippen molar-refractivity contribution in [2.75, 3.05) is 0 Å². The highest BCUT2D eigenvalue weighted by atomic mass is 16.1. The Morgan fingerprint density at radius 2 is 1.85 bits per heavy atom. The zero-order valence-corrected chi connectivity index (χ0v) is 11.7. The van der Waals surface area contributed by atoms with E-state index in [-0.39, 0.29) is 11.2 Å². The molecule has 0 aliphatic carbocycles. The van der Waals surface area contributed by atoms with Crippen molar-refractivity contribution in [3.63, 3.8) is 0 Å². The van der Waals surface area contributed by atoms with E-state index in [0.717, 1.165) is 11.4 Å². The van der Waals surface area contributed by atoms with Gasteiger partial charge in [-0.1, -0.05) is 44.9 Å². The SMILES string of the molecule is CC(C)(C)c1nc(N=C=O)c(C#Cc2ccccc2)[nH]1. The van der Waals surface area contributed by atoms with E-state index in [0.29, 0.717) is 5.69 Å². The first-order valence-electron chi connectivity index (χ1n) is 6.26. The smallest absolute Gasteiger partial charge is 0.242 e. The van der Waals surface area contributed by atoms with E-state index in [9.17, 15) is 4.79 Å². The van der Waals surface area contributed by atoms with E-state index in [4.69, 9.17) is 0 Å². The fraction of sp³-hybridized carbons (Fsp3) is 0.250. The number of aliphatic imine (C=N–C) groups is 1. The van der Waals surface area contributed by atoms with Crippen LogP contribution in [-0.4, -0.2) is 16.0 Å². The first-order chi connectivity index (χ1) is 9.50. The summed E-state index contributed by atoms with van der Waals surface area (Å²) in [7, 11) is 0. The van der Waals surface area contributed by atoms with Crippen molar-refractivity contribution in [3.8, 4) is 11.8 Å². The number of hydrogen-bond donors (Lipinski definition) is 1. The van der Waals surface area contributed by atoms with Gasteiger partial charge in [-0.05, 0) is 18.1 Å². The largest absolute Gasteiger partial charge is 0.333 e. The molecule has 0 saturated carbocycles. The maximum Gasteiger partial charge on any atom is 0.242 e. The van der Waals surface area contributed by atoms with Gasteiger partial charge in [-0.25, -0.2) is 9.78 Å². The molecule has 20 heavy (non-hydrogen) atoms. The number of aromatic amines is 1. The topological polar surface area (TPSA) is 58.1 Å². The normalized spacial score (nSPS) is 10.3. The van der Waals surface area contributed by atoms with Crippen LogP contribution in [0.4, 0.5) is 5.82 Å². The van der Waals surface area contributed by atoms with Crippen molar-refractivity contribution in [3.05, 3.63) is 47.4 Å². The summed E-state index contributed by atoms with van der Waals surface area (Å²) in [5.41, 5.74) is 1.25. The fourth-order valence-electron chi connectivity index (χ4n) is 1.59. The molecule has 2 rings (SSSR count). The lowest BCUT2D eigenvalue weighted by Gasteiger charge is -2.13. The monoisotopic (exact) mass is 265 g/mol. The molecule has 0 aliphatic rings. The van der Waals surface area contributed by atoms with Crippen molar-refractivity contribution in [1.29, 1.82) is 0 Å². The van der Waals surface area contributed by atoms with Gasteiger partial charge in [0, 0.05) is 11.0 Å². The van der Waals surface area contributed by atoms with Gasteiger partial charge in [-0.2, -0.15) is 0 Å². The molecule has 0 atom stereocenters. The summed E-state index contributed by atoms with van der Waals surface area (Å²) < 4.78 is 0. The summed E-state index contributed by atoms with van der Waals surface area (Å²) in [6, 6.07) is 9.60. The maximum atomic E-state index is 10.5. The number of rotatable bonds is 1. The van der Waals surface area contributed by atoms with E-state index in [1.165, 1.54) is 6.08 Å². The third kappa shape index (κ3) is 3.23. The van der Waals surface area contributed by atoms with Crippen molar-refractivity contribution in [2.45, 2.75) is 26.2 Å². The lowest BCUT2D eigenvalue weighted by molar-refractivity contribution is 0.552. The molecule has 0 amide bonds. The predicted octanol–water partition coefficient (Wildman–Crippen LogP) is 3.07. The average Bonchev–Trinajstić information content (AvgIpc) is 2.81. The van der Waals surface area contributed by atoms with Gasteiger partial charge in [0.25, 0.3) is 0 Å². The van der Waals surface area contributed by atoms with Crippen molar-refractivity contribution >= 4 is 11.9 Å². The Morgan fingerprint density at radius 1 is 1.15 bits per heavy atom. The summed E-state index contributed by atoms with van der Waals surface area (Å²) in [5, 5.41) is 0. The summed E-state index contributed by atoms with van der Waals surface area (Å²) >= 11 is 0. The number of H-pyrrole nitrogens is 1. The highest BCUT2D eigenvalue weighted by molar-refractivity contribution is 5.55. The summed E-state index contributed by atoms with van der Waals surface area (Å²) in [4.78, 5) is 21.5. The highest BCUT2D eigenvalue weighted by Crippen LogP contribution is 2.24. The van der Waals surface area contributed by atoms with E-state index in [2.05, 4.69) is 26.8 Å². The van der Waals surface area contributed by atoms with Crippen LogP contribution in [0.25, 0.3) is 0 Å². The molecule has 0 saturated heterocycles. The molecular weight excluding hydrogens is 250 g/mol. The minimum Gasteiger partial charge on any atom is -0.333 e. The van der Waals surface area contributed by atoms with Crippen LogP contribution in [0.1, 0.15) is 37.9 Å². The summed E-state index contributed by atoms with van der Waals surface area (Å²) in [6.07, 6.45) is 1.51. The van der Waals surface area contributed by atoms with Gasteiger partial charge in [0.1, 0.15) is 11.5 Å². The van der Waals surface area contributed by atoms with Gasteiger partial charge in [-0.3, -0.25) is 0 Å². The van der Waals surface area contributed by atoms with E-state index >= 15 is 0 Å². The first kappa shape index (κ1) is 13.8. The molecule has 1 aromatic heterocycles. The number of hydrogen-bond acceptors (Lipinski definition) is 3. The van der Waals surface area contributed by atoms with Gasteiger partial charge >= 0.3 is 0 Å². The Balaban J connectivity index is 2.44. The number of nitrogens with one attached hydrogen (secondary N) is 1. The van der Waals surface area contributed by atoms with Crippen molar-refractivity contribution < 1.29 is 4.79 Å². The second-order valence-electron chi connectivity index (χ2n) is 5.35. The van der Waals surface area contributed by atoms with Crippen LogP contribution in [0, 0.1) is 11.8 Å². The summed E-state index contributed by atoms with van der Waals surface area (Å²) in [5.74, 6) is 7.00. The zero-order valence-electron chi connectivity index (χ0n) is 11.7. The van der Waals surface area contributed by atoms with Crippen LogP contribution in [0.15, 0.2) is 35.3 Å². The number of carbonyl (C=O) groups excluding carboxylic acids is 1. The van der Waals surface area contributed by atoms with Crippen LogP contribution >= 0.6 is 0 Å². The van der Waals surface area contributed by atoms with Crippen LogP contribution in [-0.2, 0) is 10.2 Å². The van der Waals surface area contributed by atoms with Crippen LogP contribution in [0.3, 0.4) is 0 Å². The number of aromatic nitrogens is 2. The van der Waals surface area contributed by atoms with Crippen LogP contribution in [0.5, 0.6) is 0 Å². The molecule has 1 N–H and O–H groups in total. The standard InChI is InChI=1S/C16H15N3O/c1-16(2,3)15-18-13(14(19-15)17-11-20)10-9-12-7-5-4-6-8-12/h4-8H,1-3H3,(H,18,19). The second kappa shape index (κ2) is 5.56. The molecule has 4 heteroatoms. The number of isocyanates is 1. The molecular formula is C16H15N3O. The highest BCUT2D eigenvalue weighted by Gasteiger charge is 2.20. The third-order valence-electron chi connectivity index (χ3n) is 2.65. The molecule has 0 aliphatic heterocycles. The van der Waals surface area contributed by atoms with Gasteiger partial charge in [0.2, 0.25) is 6.08 Å². The Bertz CT molecular complexity index is 706. The molecule has 0 unspecified atom stereocenters. The molecule has 100 valence electrons. The molecule has 0 fully saturated rings. The first-order valence-corrected chi connectivity index (χ1v) is 6.26. The maximum absolute atomic E-state index is 10.5. The Morgan fingerprint density at radius 3 is 2.45 bits per heavy atom. The van der Waals surface area contributed by atoms with Gasteiger partial charge in [-0.15, -0.1) is 4.99 Å². The predicted molar refractivity (Wildman–Crippen MR) is 77.5 cm³/mol. The van der Waals surface area contributed by atoms with E-state index in [1.54, 1.807) is 0 Å².